The maximum Gasteiger partial charge on any atom is 0.314 e. The molecule has 170 valence electrons. The third-order valence-corrected chi connectivity index (χ3v) is 6.63. The number of likely N-dealkylation sites (tertiary alicyclic amines) is 1. The first-order valence-corrected chi connectivity index (χ1v) is 11.9. The summed E-state index contributed by atoms with van der Waals surface area (Å²) in [6.07, 6.45) is 6.19. The Morgan fingerprint density at radius 3 is 2.28 bits per heavy atom. The van der Waals surface area contributed by atoms with Crippen molar-refractivity contribution in [3.8, 4) is 11.4 Å². The molecule has 1 fully saturated rings. The average Bonchev–Trinajstić information content (AvgIpc) is 3.05. The standard InChI is InChI=1S/C27H35N3O2/c1-3-32-26-25(28(2)30(27(26)31)24-15-8-5-9-16-24)21-29-19-17-23(18-20-29)14-10-13-22-11-6-4-7-12-22/h4-9,11-12,15-16,23H,3,10,13-14,17-21H2,1-2H3. The van der Waals surface area contributed by atoms with E-state index in [9.17, 15) is 4.79 Å². The van der Waals surface area contributed by atoms with Crippen LogP contribution < -0.4 is 10.3 Å². The van der Waals surface area contributed by atoms with Gasteiger partial charge in [0.15, 0.2) is 0 Å². The summed E-state index contributed by atoms with van der Waals surface area (Å²) in [7, 11) is 1.96. The minimum atomic E-state index is -0.0775. The van der Waals surface area contributed by atoms with E-state index in [-0.39, 0.29) is 5.56 Å². The molecule has 0 unspecified atom stereocenters. The van der Waals surface area contributed by atoms with Crippen LogP contribution in [0.5, 0.6) is 5.75 Å². The number of hydrogen-bond acceptors (Lipinski definition) is 3. The maximum atomic E-state index is 13.1. The number of para-hydroxylation sites is 1. The van der Waals surface area contributed by atoms with Gasteiger partial charge in [0.25, 0.3) is 0 Å². The molecule has 1 aromatic heterocycles. The predicted molar refractivity (Wildman–Crippen MR) is 130 cm³/mol. The Morgan fingerprint density at radius 1 is 0.969 bits per heavy atom. The van der Waals surface area contributed by atoms with E-state index < -0.39 is 0 Å². The van der Waals surface area contributed by atoms with Crippen LogP contribution >= 0.6 is 0 Å². The third kappa shape index (κ3) is 5.16. The van der Waals surface area contributed by atoms with Crippen LogP contribution in [-0.2, 0) is 20.0 Å². The van der Waals surface area contributed by atoms with Crippen molar-refractivity contribution in [1.82, 2.24) is 14.3 Å². The lowest BCUT2D eigenvalue weighted by atomic mass is 9.90. The fourth-order valence-corrected chi connectivity index (χ4v) is 4.83. The number of ether oxygens (including phenoxy) is 1. The summed E-state index contributed by atoms with van der Waals surface area (Å²) in [4.78, 5) is 15.6. The van der Waals surface area contributed by atoms with Crippen molar-refractivity contribution >= 4 is 0 Å². The highest BCUT2D eigenvalue weighted by Crippen LogP contribution is 2.26. The average molecular weight is 434 g/mol. The zero-order chi connectivity index (χ0) is 22.3. The molecule has 32 heavy (non-hydrogen) atoms. The summed E-state index contributed by atoms with van der Waals surface area (Å²) in [6, 6.07) is 20.6. The van der Waals surface area contributed by atoms with Gasteiger partial charge < -0.3 is 4.74 Å². The number of hydrogen-bond donors (Lipinski definition) is 0. The third-order valence-electron chi connectivity index (χ3n) is 6.63. The molecule has 0 saturated carbocycles. The van der Waals surface area contributed by atoms with Gasteiger partial charge in [-0.15, -0.1) is 0 Å². The summed E-state index contributed by atoms with van der Waals surface area (Å²) in [6.45, 7) is 5.32. The fourth-order valence-electron chi connectivity index (χ4n) is 4.83. The number of aromatic nitrogens is 2. The van der Waals surface area contributed by atoms with E-state index in [0.717, 1.165) is 36.9 Å². The molecule has 1 saturated heterocycles. The predicted octanol–water partition coefficient (Wildman–Crippen LogP) is 4.81. The number of benzene rings is 2. The lowest BCUT2D eigenvalue weighted by Gasteiger charge is -2.32. The topological polar surface area (TPSA) is 39.4 Å². The molecule has 0 spiro atoms. The Bertz CT molecular complexity index is 1030. The van der Waals surface area contributed by atoms with E-state index in [4.69, 9.17) is 4.74 Å². The highest BCUT2D eigenvalue weighted by molar-refractivity contribution is 5.36. The molecule has 3 aromatic rings. The van der Waals surface area contributed by atoms with Gasteiger partial charge in [-0.25, -0.2) is 4.68 Å². The Morgan fingerprint density at radius 2 is 1.62 bits per heavy atom. The van der Waals surface area contributed by atoms with Gasteiger partial charge in [0.1, 0.15) is 0 Å². The van der Waals surface area contributed by atoms with Crippen molar-refractivity contribution in [3.05, 3.63) is 82.3 Å². The maximum absolute atomic E-state index is 13.1. The van der Waals surface area contributed by atoms with Gasteiger partial charge >= 0.3 is 5.56 Å². The second-order valence-electron chi connectivity index (χ2n) is 8.78. The zero-order valence-electron chi connectivity index (χ0n) is 19.4. The van der Waals surface area contributed by atoms with Gasteiger partial charge in [-0.2, -0.15) is 0 Å². The normalized spacial score (nSPS) is 15.2. The quantitative estimate of drug-likeness (QED) is 0.486. The molecular formula is C27H35N3O2. The SMILES string of the molecule is CCOc1c(CN2CCC(CCCc3ccccc3)CC2)n(C)n(-c2ccccc2)c1=O. The number of rotatable bonds is 9. The van der Waals surface area contributed by atoms with Gasteiger partial charge in [-0.05, 0) is 69.3 Å². The second-order valence-corrected chi connectivity index (χ2v) is 8.78. The van der Waals surface area contributed by atoms with Gasteiger partial charge in [0, 0.05) is 13.6 Å². The molecule has 2 heterocycles. The molecule has 5 heteroatoms. The van der Waals surface area contributed by atoms with E-state index in [1.807, 2.05) is 49.0 Å². The summed E-state index contributed by atoms with van der Waals surface area (Å²) in [5.41, 5.74) is 3.19. The highest BCUT2D eigenvalue weighted by Gasteiger charge is 2.25. The first-order chi connectivity index (χ1) is 15.7. The Labute approximate surface area is 191 Å². The van der Waals surface area contributed by atoms with Crippen LogP contribution in [0.15, 0.2) is 65.5 Å². The van der Waals surface area contributed by atoms with Crippen LogP contribution in [0.1, 0.15) is 43.9 Å². The van der Waals surface area contributed by atoms with Gasteiger partial charge in [0.05, 0.1) is 18.0 Å². The number of aryl methyl sites for hydroxylation is 1. The summed E-state index contributed by atoms with van der Waals surface area (Å²) < 4.78 is 9.51. The van der Waals surface area contributed by atoms with Crippen LogP contribution in [0.25, 0.3) is 5.69 Å². The van der Waals surface area contributed by atoms with Crippen LogP contribution in [-0.4, -0.2) is 34.0 Å². The van der Waals surface area contributed by atoms with Gasteiger partial charge in [-0.1, -0.05) is 55.0 Å². The Kier molecular flexibility index (Phi) is 7.48. The first kappa shape index (κ1) is 22.4. The summed E-state index contributed by atoms with van der Waals surface area (Å²) in [5.74, 6) is 1.29. The van der Waals surface area contributed by atoms with E-state index in [2.05, 4.69) is 35.2 Å². The summed E-state index contributed by atoms with van der Waals surface area (Å²) >= 11 is 0. The molecule has 0 amide bonds. The Hall–Kier alpha value is -2.79. The van der Waals surface area contributed by atoms with E-state index >= 15 is 0 Å². The van der Waals surface area contributed by atoms with E-state index in [0.29, 0.717) is 12.4 Å². The number of piperidine rings is 1. The molecule has 0 aliphatic carbocycles. The summed E-state index contributed by atoms with van der Waals surface area (Å²) in [5, 5.41) is 0. The minimum absolute atomic E-state index is 0.0775. The van der Waals surface area contributed by atoms with Crippen molar-refractivity contribution in [2.24, 2.45) is 13.0 Å². The number of nitrogens with zero attached hydrogens (tertiary/aromatic N) is 3. The van der Waals surface area contributed by atoms with Crippen LogP contribution in [0.3, 0.4) is 0 Å². The smallest absolute Gasteiger partial charge is 0.314 e. The molecule has 0 atom stereocenters. The molecular weight excluding hydrogens is 398 g/mol. The molecule has 5 nitrogen and oxygen atoms in total. The largest absolute Gasteiger partial charge is 0.487 e. The zero-order valence-corrected chi connectivity index (χ0v) is 19.4. The lowest BCUT2D eigenvalue weighted by Crippen LogP contribution is -2.34. The van der Waals surface area contributed by atoms with Crippen molar-refractivity contribution in [2.45, 2.75) is 45.6 Å². The molecule has 0 bridgehead atoms. The van der Waals surface area contributed by atoms with Gasteiger partial charge in [-0.3, -0.25) is 14.4 Å². The molecule has 0 N–H and O–H groups in total. The van der Waals surface area contributed by atoms with Crippen molar-refractivity contribution < 1.29 is 4.74 Å². The monoisotopic (exact) mass is 433 g/mol. The lowest BCUT2D eigenvalue weighted by molar-refractivity contribution is 0.165. The van der Waals surface area contributed by atoms with E-state index in [1.165, 1.54) is 37.7 Å². The van der Waals surface area contributed by atoms with Crippen LogP contribution in [0, 0.1) is 5.92 Å². The highest BCUT2D eigenvalue weighted by atomic mass is 16.5. The molecule has 1 aliphatic rings. The van der Waals surface area contributed by atoms with Crippen molar-refractivity contribution in [1.29, 1.82) is 0 Å². The molecule has 0 radical (unpaired) electrons. The van der Waals surface area contributed by atoms with Crippen molar-refractivity contribution in [3.63, 3.8) is 0 Å². The van der Waals surface area contributed by atoms with Crippen molar-refractivity contribution in [2.75, 3.05) is 19.7 Å². The second kappa shape index (κ2) is 10.7. The van der Waals surface area contributed by atoms with Gasteiger partial charge in [0.2, 0.25) is 5.75 Å². The Balaban J connectivity index is 1.38. The molecule has 4 rings (SSSR count). The fraction of sp³-hybridized carbons (Fsp3) is 0.444. The first-order valence-electron chi connectivity index (χ1n) is 11.9. The van der Waals surface area contributed by atoms with E-state index in [1.54, 1.807) is 4.68 Å². The minimum Gasteiger partial charge on any atom is -0.487 e. The van der Waals surface area contributed by atoms with Crippen LogP contribution in [0.4, 0.5) is 0 Å². The molecule has 2 aromatic carbocycles. The van der Waals surface area contributed by atoms with Crippen LogP contribution in [0.2, 0.25) is 0 Å². The molecule has 1 aliphatic heterocycles.